The number of hydrogen-bond acceptors (Lipinski definition) is 4. The second-order valence-corrected chi connectivity index (χ2v) is 4.83. The minimum Gasteiger partial charge on any atom is -0.441 e. The Morgan fingerprint density at radius 2 is 2.14 bits per heavy atom. The second kappa shape index (κ2) is 5.69. The quantitative estimate of drug-likeness (QED) is 0.884. The van der Waals surface area contributed by atoms with Crippen molar-refractivity contribution in [2.24, 2.45) is 0 Å². The highest BCUT2D eigenvalue weighted by Crippen LogP contribution is 2.28. The lowest BCUT2D eigenvalue weighted by molar-refractivity contribution is 0.0963. The van der Waals surface area contributed by atoms with Crippen LogP contribution in [0.1, 0.15) is 0 Å². The summed E-state index contributed by atoms with van der Waals surface area (Å²) in [7, 11) is 0. The van der Waals surface area contributed by atoms with E-state index in [1.54, 1.807) is 6.07 Å². The van der Waals surface area contributed by atoms with Crippen molar-refractivity contribution in [1.29, 1.82) is 0 Å². The third kappa shape index (κ3) is 2.62. The van der Waals surface area contributed by atoms with Gasteiger partial charge in [0, 0.05) is 17.3 Å². The van der Waals surface area contributed by atoms with Crippen molar-refractivity contribution >= 4 is 11.8 Å². The van der Waals surface area contributed by atoms with Crippen LogP contribution in [-0.4, -0.2) is 35.4 Å². The van der Waals surface area contributed by atoms with Crippen LogP contribution in [0.3, 0.4) is 0 Å². The van der Waals surface area contributed by atoms with Crippen molar-refractivity contribution in [1.82, 2.24) is 4.98 Å². The Hall–Kier alpha value is -2.54. The maximum Gasteiger partial charge on any atom is 0.414 e. The lowest BCUT2D eigenvalue weighted by Gasteiger charge is -2.14. The summed E-state index contributed by atoms with van der Waals surface area (Å²) in [6.45, 7) is -0.129. The minimum absolute atomic E-state index is 0.159. The van der Waals surface area contributed by atoms with Crippen molar-refractivity contribution in [3.8, 4) is 11.1 Å². The van der Waals surface area contributed by atoms with E-state index < -0.39 is 24.0 Å². The Morgan fingerprint density at radius 3 is 2.73 bits per heavy atom. The van der Waals surface area contributed by atoms with E-state index in [1.807, 2.05) is 0 Å². The third-order valence-corrected chi connectivity index (χ3v) is 3.38. The van der Waals surface area contributed by atoms with E-state index in [4.69, 9.17) is 9.84 Å². The first-order valence-electron chi connectivity index (χ1n) is 6.59. The maximum absolute atomic E-state index is 14.2. The largest absolute Gasteiger partial charge is 0.441 e. The van der Waals surface area contributed by atoms with E-state index >= 15 is 0 Å². The molecule has 0 aliphatic carbocycles. The second-order valence-electron chi connectivity index (χ2n) is 4.83. The summed E-state index contributed by atoms with van der Waals surface area (Å²) in [5.74, 6) is -1.21. The summed E-state index contributed by atoms with van der Waals surface area (Å²) in [5.41, 5.74) is 1.02. The number of amides is 1. The number of benzene rings is 1. The van der Waals surface area contributed by atoms with Gasteiger partial charge >= 0.3 is 6.09 Å². The van der Waals surface area contributed by atoms with E-state index in [2.05, 4.69) is 4.98 Å². The molecule has 1 aromatic heterocycles. The van der Waals surface area contributed by atoms with E-state index in [0.29, 0.717) is 11.3 Å². The molecule has 0 unspecified atom stereocenters. The molecule has 5 nitrogen and oxygen atoms in total. The van der Waals surface area contributed by atoms with Gasteiger partial charge in [-0.1, -0.05) is 0 Å². The molecule has 0 saturated carbocycles. The number of rotatable bonds is 3. The van der Waals surface area contributed by atoms with Gasteiger partial charge in [0.2, 0.25) is 5.95 Å². The first kappa shape index (κ1) is 14.4. The van der Waals surface area contributed by atoms with Crippen molar-refractivity contribution < 1.29 is 23.4 Å². The number of anilines is 1. The molecular weight excluding hydrogens is 294 g/mol. The molecule has 0 bridgehead atoms. The Balaban J connectivity index is 1.89. The SMILES string of the molecule is O=C1O[C@@H](CO)CN1c1ccc(-c2ccc(F)nc2)c(F)c1. The van der Waals surface area contributed by atoms with Crippen molar-refractivity contribution in [3.63, 3.8) is 0 Å². The summed E-state index contributed by atoms with van der Waals surface area (Å²) in [6.07, 6.45) is -0.00883. The van der Waals surface area contributed by atoms with E-state index in [-0.39, 0.29) is 18.7 Å². The standard InChI is InChI=1S/C15H12F2N2O3/c16-13-5-10(19-7-11(8-20)22-15(19)21)2-3-12(13)9-1-4-14(17)18-6-9/h1-6,11,20H,7-8H2/t11-/m1/s1. The molecule has 0 spiro atoms. The van der Waals surface area contributed by atoms with Gasteiger partial charge in [0.05, 0.1) is 18.8 Å². The lowest BCUT2D eigenvalue weighted by Crippen LogP contribution is -2.25. The Labute approximate surface area is 124 Å². The summed E-state index contributed by atoms with van der Waals surface area (Å²) >= 11 is 0. The molecule has 1 atom stereocenters. The van der Waals surface area contributed by atoms with E-state index in [0.717, 1.165) is 6.07 Å². The van der Waals surface area contributed by atoms with Gasteiger partial charge in [-0.25, -0.2) is 14.2 Å². The van der Waals surface area contributed by atoms with Gasteiger partial charge in [-0.2, -0.15) is 4.39 Å². The monoisotopic (exact) mass is 306 g/mol. The molecule has 1 saturated heterocycles. The zero-order valence-corrected chi connectivity index (χ0v) is 11.4. The molecule has 1 aromatic carbocycles. The molecule has 3 rings (SSSR count). The fraction of sp³-hybridized carbons (Fsp3) is 0.200. The Kier molecular flexibility index (Phi) is 3.72. The van der Waals surface area contributed by atoms with Gasteiger partial charge in [0.15, 0.2) is 0 Å². The number of ether oxygens (including phenoxy) is 1. The first-order chi connectivity index (χ1) is 10.6. The molecule has 1 fully saturated rings. The molecule has 114 valence electrons. The van der Waals surface area contributed by atoms with Crippen LogP contribution >= 0.6 is 0 Å². The highest BCUT2D eigenvalue weighted by molar-refractivity contribution is 5.90. The van der Waals surface area contributed by atoms with Gasteiger partial charge in [-0.3, -0.25) is 4.90 Å². The normalized spacial score (nSPS) is 17.7. The van der Waals surface area contributed by atoms with Crippen LogP contribution in [-0.2, 0) is 4.74 Å². The average molecular weight is 306 g/mol. The maximum atomic E-state index is 14.2. The van der Waals surface area contributed by atoms with Crippen LogP contribution in [0.15, 0.2) is 36.5 Å². The number of carbonyl (C=O) groups excluding carboxylic acids is 1. The summed E-state index contributed by atoms with van der Waals surface area (Å²) in [5, 5.41) is 9.00. The van der Waals surface area contributed by atoms with Gasteiger partial charge in [-0.05, 0) is 30.3 Å². The molecule has 7 heteroatoms. The Morgan fingerprint density at radius 1 is 1.32 bits per heavy atom. The molecule has 1 N–H and O–H groups in total. The molecule has 1 aliphatic rings. The zero-order chi connectivity index (χ0) is 15.7. The highest BCUT2D eigenvalue weighted by Gasteiger charge is 2.32. The Bertz CT molecular complexity index is 706. The molecule has 0 radical (unpaired) electrons. The summed E-state index contributed by atoms with van der Waals surface area (Å²) < 4.78 is 32.0. The number of cyclic esters (lactones) is 1. The van der Waals surface area contributed by atoms with Gasteiger partial charge < -0.3 is 9.84 Å². The first-order valence-corrected chi connectivity index (χ1v) is 6.59. The minimum atomic E-state index is -0.643. The van der Waals surface area contributed by atoms with Crippen LogP contribution in [0.4, 0.5) is 19.3 Å². The molecule has 1 amide bonds. The summed E-state index contributed by atoms with van der Waals surface area (Å²) in [6, 6.07) is 6.81. The smallest absolute Gasteiger partial charge is 0.414 e. The average Bonchev–Trinajstić information content (AvgIpc) is 2.89. The highest BCUT2D eigenvalue weighted by atomic mass is 19.1. The molecular formula is C15H12F2N2O3. The summed E-state index contributed by atoms with van der Waals surface area (Å²) in [4.78, 5) is 16.4. The number of nitrogens with zero attached hydrogens (tertiary/aromatic N) is 2. The zero-order valence-electron chi connectivity index (χ0n) is 11.4. The molecule has 22 heavy (non-hydrogen) atoms. The van der Waals surface area contributed by atoms with Crippen LogP contribution < -0.4 is 4.90 Å². The molecule has 2 heterocycles. The molecule has 1 aliphatic heterocycles. The van der Waals surface area contributed by atoms with Crippen LogP contribution in [0.2, 0.25) is 0 Å². The number of carbonyl (C=O) groups is 1. The molecule has 2 aromatic rings. The van der Waals surface area contributed by atoms with E-state index in [1.165, 1.54) is 29.3 Å². The topological polar surface area (TPSA) is 62.7 Å². The van der Waals surface area contributed by atoms with Crippen LogP contribution in [0.25, 0.3) is 11.1 Å². The number of aliphatic hydroxyl groups excluding tert-OH is 1. The predicted octanol–water partition coefficient (Wildman–Crippen LogP) is 2.34. The number of pyridine rings is 1. The van der Waals surface area contributed by atoms with Gasteiger partial charge in [0.1, 0.15) is 11.9 Å². The van der Waals surface area contributed by atoms with Crippen molar-refractivity contribution in [3.05, 3.63) is 48.3 Å². The van der Waals surface area contributed by atoms with Crippen LogP contribution in [0.5, 0.6) is 0 Å². The fourth-order valence-electron chi connectivity index (χ4n) is 2.27. The lowest BCUT2D eigenvalue weighted by atomic mass is 10.1. The third-order valence-electron chi connectivity index (χ3n) is 3.38. The van der Waals surface area contributed by atoms with Crippen molar-refractivity contribution in [2.45, 2.75) is 6.10 Å². The van der Waals surface area contributed by atoms with Crippen LogP contribution in [0, 0.1) is 11.8 Å². The van der Waals surface area contributed by atoms with Crippen molar-refractivity contribution in [2.75, 3.05) is 18.1 Å². The fourth-order valence-corrected chi connectivity index (χ4v) is 2.27. The van der Waals surface area contributed by atoms with Gasteiger partial charge in [0.25, 0.3) is 0 Å². The number of hydrogen-bond donors (Lipinski definition) is 1. The number of aromatic nitrogens is 1. The number of halogens is 2. The predicted molar refractivity (Wildman–Crippen MR) is 74.3 cm³/mol. The van der Waals surface area contributed by atoms with Gasteiger partial charge in [-0.15, -0.1) is 0 Å². The van der Waals surface area contributed by atoms with E-state index in [9.17, 15) is 13.6 Å². The number of aliphatic hydroxyl groups is 1.